The lowest BCUT2D eigenvalue weighted by Crippen LogP contribution is -2.28. The van der Waals surface area contributed by atoms with Crippen molar-refractivity contribution in [2.75, 3.05) is 13.1 Å². The van der Waals surface area contributed by atoms with Crippen molar-refractivity contribution >= 4 is 12.4 Å². The second kappa shape index (κ2) is 8.68. The molecular weight excluding hydrogens is 298 g/mol. The maximum absolute atomic E-state index is 11.8. The highest BCUT2D eigenvalue weighted by molar-refractivity contribution is 5.85. The Morgan fingerprint density at radius 3 is 2.55 bits per heavy atom. The molecular formula is C17H28ClN3O. The van der Waals surface area contributed by atoms with Crippen LogP contribution < -0.4 is 10.9 Å². The molecule has 2 aliphatic carbocycles. The molecule has 0 amide bonds. The predicted molar refractivity (Wildman–Crippen MR) is 91.9 cm³/mol. The number of aromatic amines is 1. The molecule has 0 saturated heterocycles. The van der Waals surface area contributed by atoms with Gasteiger partial charge in [-0.2, -0.15) is 5.10 Å². The van der Waals surface area contributed by atoms with Crippen molar-refractivity contribution in [3.63, 3.8) is 0 Å². The van der Waals surface area contributed by atoms with Gasteiger partial charge in [0.2, 0.25) is 0 Å². The van der Waals surface area contributed by atoms with Crippen LogP contribution in [0.25, 0.3) is 0 Å². The van der Waals surface area contributed by atoms with Crippen molar-refractivity contribution in [3.05, 3.63) is 27.2 Å². The quantitative estimate of drug-likeness (QED) is 0.818. The number of nitrogens with one attached hydrogen (secondary N) is 2. The second-order valence-corrected chi connectivity index (χ2v) is 6.62. The molecule has 2 aliphatic rings. The number of aromatic nitrogens is 2. The normalized spacial score (nSPS) is 18.5. The first-order valence-corrected chi connectivity index (χ1v) is 8.64. The third-order valence-electron chi connectivity index (χ3n) is 5.08. The van der Waals surface area contributed by atoms with Crippen LogP contribution in [-0.2, 0) is 19.3 Å². The molecule has 3 rings (SSSR count). The standard InChI is InChI=1S/C17H27N3O.ClH/c21-17-15-9-5-4-8-14(15)16(19-20-17)10-11-18-12-13-6-2-1-3-7-13;/h13,18H,1-12H2,(H,20,21);1H. The van der Waals surface area contributed by atoms with Crippen LogP contribution in [0.3, 0.4) is 0 Å². The van der Waals surface area contributed by atoms with E-state index in [4.69, 9.17) is 0 Å². The molecule has 0 bridgehead atoms. The highest BCUT2D eigenvalue weighted by Crippen LogP contribution is 2.23. The van der Waals surface area contributed by atoms with Gasteiger partial charge in [0.25, 0.3) is 5.56 Å². The molecule has 1 heterocycles. The minimum Gasteiger partial charge on any atom is -0.316 e. The minimum atomic E-state index is 0. The molecule has 1 aromatic heterocycles. The number of rotatable bonds is 5. The fraction of sp³-hybridized carbons (Fsp3) is 0.765. The first-order valence-electron chi connectivity index (χ1n) is 8.64. The van der Waals surface area contributed by atoms with Crippen molar-refractivity contribution in [2.24, 2.45) is 5.92 Å². The van der Waals surface area contributed by atoms with Crippen molar-refractivity contribution in [1.29, 1.82) is 0 Å². The summed E-state index contributed by atoms with van der Waals surface area (Å²) >= 11 is 0. The molecule has 1 saturated carbocycles. The summed E-state index contributed by atoms with van der Waals surface area (Å²) in [6.45, 7) is 2.12. The largest absolute Gasteiger partial charge is 0.316 e. The Bertz CT molecular complexity index is 523. The number of fused-ring (bicyclic) bond motifs is 1. The summed E-state index contributed by atoms with van der Waals surface area (Å²) in [5, 5.41) is 10.6. The molecule has 0 radical (unpaired) electrons. The van der Waals surface area contributed by atoms with Crippen LogP contribution in [0.2, 0.25) is 0 Å². The zero-order chi connectivity index (χ0) is 14.5. The molecule has 124 valence electrons. The molecule has 0 unspecified atom stereocenters. The molecule has 1 fully saturated rings. The summed E-state index contributed by atoms with van der Waals surface area (Å²) < 4.78 is 0. The van der Waals surface area contributed by atoms with E-state index in [2.05, 4.69) is 15.5 Å². The van der Waals surface area contributed by atoms with Gasteiger partial charge in [0.05, 0.1) is 5.69 Å². The van der Waals surface area contributed by atoms with Gasteiger partial charge in [0.15, 0.2) is 0 Å². The molecule has 2 N–H and O–H groups in total. The summed E-state index contributed by atoms with van der Waals surface area (Å²) in [6, 6.07) is 0. The third-order valence-corrected chi connectivity index (χ3v) is 5.08. The van der Waals surface area contributed by atoms with Gasteiger partial charge in [-0.15, -0.1) is 12.4 Å². The Morgan fingerprint density at radius 2 is 1.77 bits per heavy atom. The van der Waals surface area contributed by atoms with E-state index in [-0.39, 0.29) is 18.0 Å². The van der Waals surface area contributed by atoms with Crippen LogP contribution in [0, 0.1) is 5.92 Å². The van der Waals surface area contributed by atoms with E-state index < -0.39 is 0 Å². The van der Waals surface area contributed by atoms with Gasteiger partial charge in [-0.05, 0) is 56.6 Å². The first kappa shape index (κ1) is 17.5. The molecule has 0 aliphatic heterocycles. The van der Waals surface area contributed by atoms with Gasteiger partial charge < -0.3 is 5.32 Å². The number of hydrogen-bond acceptors (Lipinski definition) is 3. The van der Waals surface area contributed by atoms with Crippen LogP contribution in [0.5, 0.6) is 0 Å². The molecule has 0 spiro atoms. The molecule has 1 aromatic rings. The lowest BCUT2D eigenvalue weighted by molar-refractivity contribution is 0.343. The summed E-state index contributed by atoms with van der Waals surface area (Å²) in [7, 11) is 0. The Morgan fingerprint density at radius 1 is 1.05 bits per heavy atom. The van der Waals surface area contributed by atoms with Crippen molar-refractivity contribution < 1.29 is 0 Å². The summed E-state index contributed by atoms with van der Waals surface area (Å²) in [5.41, 5.74) is 3.38. The van der Waals surface area contributed by atoms with Crippen molar-refractivity contribution in [2.45, 2.75) is 64.2 Å². The highest BCUT2D eigenvalue weighted by atomic mass is 35.5. The third kappa shape index (κ3) is 4.32. The van der Waals surface area contributed by atoms with E-state index in [0.717, 1.165) is 55.9 Å². The van der Waals surface area contributed by atoms with Crippen molar-refractivity contribution in [3.8, 4) is 0 Å². The number of hydrogen-bond donors (Lipinski definition) is 2. The van der Waals surface area contributed by atoms with E-state index in [0.29, 0.717) is 0 Å². The number of halogens is 1. The number of nitrogens with zero attached hydrogens (tertiary/aromatic N) is 1. The van der Waals surface area contributed by atoms with Crippen LogP contribution in [0.4, 0.5) is 0 Å². The maximum Gasteiger partial charge on any atom is 0.267 e. The van der Waals surface area contributed by atoms with Crippen LogP contribution >= 0.6 is 12.4 Å². The zero-order valence-electron chi connectivity index (χ0n) is 13.3. The molecule has 0 aromatic carbocycles. The Labute approximate surface area is 138 Å². The van der Waals surface area contributed by atoms with Gasteiger partial charge in [-0.1, -0.05) is 19.3 Å². The lowest BCUT2D eigenvalue weighted by atomic mass is 9.89. The average molecular weight is 326 g/mol. The molecule has 22 heavy (non-hydrogen) atoms. The SMILES string of the molecule is Cl.O=c1[nH]nc(CCNCC2CCCCC2)c2c1CCCC2. The van der Waals surface area contributed by atoms with Gasteiger partial charge in [-0.25, -0.2) is 5.10 Å². The molecule has 4 nitrogen and oxygen atoms in total. The smallest absolute Gasteiger partial charge is 0.267 e. The highest BCUT2D eigenvalue weighted by Gasteiger charge is 2.17. The summed E-state index contributed by atoms with van der Waals surface area (Å²) in [4.78, 5) is 11.8. The van der Waals surface area contributed by atoms with E-state index in [1.165, 1.54) is 44.1 Å². The minimum absolute atomic E-state index is 0. The van der Waals surface area contributed by atoms with Gasteiger partial charge in [0.1, 0.15) is 0 Å². The number of H-pyrrole nitrogens is 1. The fourth-order valence-electron chi connectivity index (χ4n) is 3.84. The van der Waals surface area contributed by atoms with Gasteiger partial charge in [0, 0.05) is 18.5 Å². The maximum atomic E-state index is 11.8. The lowest BCUT2D eigenvalue weighted by Gasteiger charge is -2.22. The second-order valence-electron chi connectivity index (χ2n) is 6.62. The van der Waals surface area contributed by atoms with Gasteiger partial charge >= 0.3 is 0 Å². The van der Waals surface area contributed by atoms with Crippen LogP contribution in [-0.4, -0.2) is 23.3 Å². The molecule has 0 atom stereocenters. The molecule has 5 heteroatoms. The Kier molecular flexibility index (Phi) is 6.90. The summed E-state index contributed by atoms with van der Waals surface area (Å²) in [5.74, 6) is 0.871. The zero-order valence-corrected chi connectivity index (χ0v) is 14.1. The first-order chi connectivity index (χ1) is 10.3. The Balaban J connectivity index is 0.00000176. The Hall–Kier alpha value is -0.870. The summed E-state index contributed by atoms with van der Waals surface area (Å²) in [6.07, 6.45) is 12.2. The fourth-order valence-corrected chi connectivity index (χ4v) is 3.84. The van der Waals surface area contributed by atoms with E-state index >= 15 is 0 Å². The predicted octanol–water partition coefficient (Wildman–Crippen LogP) is 2.78. The van der Waals surface area contributed by atoms with Crippen LogP contribution in [0.1, 0.15) is 61.8 Å². The van der Waals surface area contributed by atoms with E-state index in [1.807, 2.05) is 0 Å². The van der Waals surface area contributed by atoms with Gasteiger partial charge in [-0.3, -0.25) is 4.79 Å². The van der Waals surface area contributed by atoms with E-state index in [1.54, 1.807) is 0 Å². The monoisotopic (exact) mass is 325 g/mol. The van der Waals surface area contributed by atoms with Crippen LogP contribution in [0.15, 0.2) is 4.79 Å². The average Bonchev–Trinajstić information content (AvgIpc) is 2.55. The van der Waals surface area contributed by atoms with E-state index in [9.17, 15) is 4.79 Å². The topological polar surface area (TPSA) is 57.8 Å². The van der Waals surface area contributed by atoms with Crippen molar-refractivity contribution in [1.82, 2.24) is 15.5 Å².